The van der Waals surface area contributed by atoms with Crippen LogP contribution in [-0.2, 0) is 17.0 Å². The molecule has 1 N–H and O–H groups in total. The highest BCUT2D eigenvalue weighted by Gasteiger charge is 2.58. The molecule has 3 heterocycles. The van der Waals surface area contributed by atoms with Crippen LogP contribution in [0.15, 0.2) is 73.1 Å². The lowest BCUT2D eigenvalue weighted by atomic mass is 9.92. The van der Waals surface area contributed by atoms with Crippen molar-refractivity contribution in [2.45, 2.75) is 12.2 Å². The first-order chi connectivity index (χ1) is 13.6. The Morgan fingerprint density at radius 1 is 1.00 bits per heavy atom. The molecule has 0 radical (unpaired) electrons. The number of nitrogens with one attached hydrogen (secondary N) is 1. The van der Waals surface area contributed by atoms with Crippen molar-refractivity contribution in [1.82, 2.24) is 9.88 Å². The number of hydrogen-bond acceptors (Lipinski definition) is 4. The zero-order valence-corrected chi connectivity index (χ0v) is 15.3. The second kappa shape index (κ2) is 5.92. The van der Waals surface area contributed by atoms with Gasteiger partial charge in [0.1, 0.15) is 0 Å². The normalized spacial score (nSPS) is 20.2. The molecule has 1 spiro atoms. The van der Waals surface area contributed by atoms with Gasteiger partial charge in [-0.1, -0.05) is 36.4 Å². The molecule has 0 bridgehead atoms. The summed E-state index contributed by atoms with van der Waals surface area (Å²) in [6.07, 6.45) is 3.41. The number of amides is 2. The van der Waals surface area contributed by atoms with E-state index in [0.717, 1.165) is 16.8 Å². The lowest BCUT2D eigenvalue weighted by molar-refractivity contribution is -0.127. The molecule has 2 aliphatic heterocycles. The van der Waals surface area contributed by atoms with Crippen LogP contribution in [0.25, 0.3) is 0 Å². The summed E-state index contributed by atoms with van der Waals surface area (Å²) in [5, 5.41) is 3.40. The molecule has 1 aromatic heterocycles. The molecule has 2 amide bonds. The average Bonchev–Trinajstić information content (AvgIpc) is 2.95. The van der Waals surface area contributed by atoms with Crippen LogP contribution in [0.2, 0.25) is 0 Å². The third-order valence-electron chi connectivity index (χ3n) is 5.46. The zero-order valence-electron chi connectivity index (χ0n) is 15.3. The number of carbonyl (C=O) groups is 2. The Hall–Kier alpha value is -3.67. The first kappa shape index (κ1) is 16.5. The molecule has 1 atom stereocenters. The third-order valence-corrected chi connectivity index (χ3v) is 5.46. The van der Waals surface area contributed by atoms with Gasteiger partial charge in [0.25, 0.3) is 11.8 Å². The maximum Gasteiger partial charge on any atom is 0.278 e. The van der Waals surface area contributed by atoms with E-state index in [1.807, 2.05) is 54.6 Å². The van der Waals surface area contributed by atoms with Gasteiger partial charge in [0, 0.05) is 30.7 Å². The summed E-state index contributed by atoms with van der Waals surface area (Å²) in [5.74, 6) is -0.364. The molecule has 28 heavy (non-hydrogen) atoms. The van der Waals surface area contributed by atoms with Gasteiger partial charge in [0.05, 0.1) is 17.8 Å². The maximum atomic E-state index is 13.5. The molecule has 138 valence electrons. The second-order valence-electron chi connectivity index (χ2n) is 7.01. The van der Waals surface area contributed by atoms with E-state index >= 15 is 0 Å². The standard InChI is InChI=1S/C22H18N4O2/c1-25-19-11-5-3-9-17(19)22(21(25)28)24-18-10-4-2-8-16(18)20(27)26(22)14-15-7-6-12-23-13-15/h2-13,24H,14H2,1H3. The van der Waals surface area contributed by atoms with E-state index in [1.165, 1.54) is 0 Å². The number of anilines is 2. The van der Waals surface area contributed by atoms with Crippen LogP contribution in [0.4, 0.5) is 11.4 Å². The molecular weight excluding hydrogens is 352 g/mol. The van der Waals surface area contributed by atoms with Gasteiger partial charge < -0.3 is 10.2 Å². The molecule has 6 nitrogen and oxygen atoms in total. The molecule has 0 saturated heterocycles. The van der Waals surface area contributed by atoms with E-state index < -0.39 is 5.66 Å². The van der Waals surface area contributed by atoms with Crippen molar-refractivity contribution in [2.24, 2.45) is 0 Å². The van der Waals surface area contributed by atoms with Gasteiger partial charge in [-0.3, -0.25) is 19.5 Å². The second-order valence-corrected chi connectivity index (χ2v) is 7.01. The zero-order chi connectivity index (χ0) is 19.3. The van der Waals surface area contributed by atoms with Crippen LogP contribution in [0.3, 0.4) is 0 Å². The molecule has 3 aromatic rings. The number of nitrogens with zero attached hydrogens (tertiary/aromatic N) is 3. The van der Waals surface area contributed by atoms with Crippen LogP contribution in [-0.4, -0.2) is 28.7 Å². The number of hydrogen-bond donors (Lipinski definition) is 1. The molecule has 0 fully saturated rings. The molecule has 2 aliphatic rings. The van der Waals surface area contributed by atoms with Gasteiger partial charge in [-0.15, -0.1) is 0 Å². The first-order valence-corrected chi connectivity index (χ1v) is 9.08. The van der Waals surface area contributed by atoms with E-state index in [2.05, 4.69) is 10.3 Å². The maximum absolute atomic E-state index is 13.5. The fraction of sp³-hybridized carbons (Fsp3) is 0.136. The lowest BCUT2D eigenvalue weighted by Gasteiger charge is -2.45. The van der Waals surface area contributed by atoms with Crippen molar-refractivity contribution < 1.29 is 9.59 Å². The fourth-order valence-electron chi connectivity index (χ4n) is 4.12. The van der Waals surface area contributed by atoms with Crippen molar-refractivity contribution in [3.8, 4) is 0 Å². The van der Waals surface area contributed by atoms with Gasteiger partial charge >= 0.3 is 0 Å². The third kappa shape index (κ3) is 2.11. The Morgan fingerprint density at radius 3 is 2.61 bits per heavy atom. The minimum absolute atomic E-state index is 0.180. The van der Waals surface area contributed by atoms with Crippen LogP contribution in [0.1, 0.15) is 21.5 Å². The van der Waals surface area contributed by atoms with Crippen LogP contribution in [0, 0.1) is 0 Å². The molecule has 1 unspecified atom stereocenters. The Bertz CT molecular complexity index is 1100. The summed E-state index contributed by atoms with van der Waals surface area (Å²) in [6, 6.07) is 18.6. The SMILES string of the molecule is CN1C(=O)C2(Nc3ccccc3C(=O)N2Cc2cccnc2)c2ccccc21. The van der Waals surface area contributed by atoms with E-state index in [4.69, 9.17) is 0 Å². The largest absolute Gasteiger partial charge is 0.350 e. The predicted octanol–water partition coefficient (Wildman–Crippen LogP) is 2.98. The summed E-state index contributed by atoms with van der Waals surface area (Å²) in [6.45, 7) is 0.266. The number of benzene rings is 2. The minimum Gasteiger partial charge on any atom is -0.350 e. The number of likely N-dealkylation sites (N-methyl/N-ethyl adjacent to an activating group) is 1. The van der Waals surface area contributed by atoms with Gasteiger partial charge in [0.15, 0.2) is 0 Å². The summed E-state index contributed by atoms with van der Waals surface area (Å²) in [7, 11) is 1.74. The summed E-state index contributed by atoms with van der Waals surface area (Å²) in [5.41, 5.74) is 2.35. The molecular formula is C22H18N4O2. The molecule has 0 aliphatic carbocycles. The average molecular weight is 370 g/mol. The quantitative estimate of drug-likeness (QED) is 0.753. The Balaban J connectivity index is 1.74. The highest BCUT2D eigenvalue weighted by Crippen LogP contribution is 2.47. The van der Waals surface area contributed by atoms with Crippen molar-refractivity contribution in [1.29, 1.82) is 0 Å². The Kier molecular flexibility index (Phi) is 3.49. The van der Waals surface area contributed by atoms with E-state index in [1.54, 1.807) is 35.3 Å². The topological polar surface area (TPSA) is 65.5 Å². The first-order valence-electron chi connectivity index (χ1n) is 9.08. The lowest BCUT2D eigenvalue weighted by Crippen LogP contribution is -2.61. The van der Waals surface area contributed by atoms with Crippen molar-refractivity contribution >= 4 is 23.2 Å². The molecule has 2 aromatic carbocycles. The Labute approximate surface area is 162 Å². The number of para-hydroxylation sites is 2. The number of carbonyl (C=O) groups excluding carboxylic acids is 2. The highest BCUT2D eigenvalue weighted by molar-refractivity contribution is 6.15. The number of fused-ring (bicyclic) bond motifs is 3. The molecule has 0 saturated carbocycles. The summed E-state index contributed by atoms with van der Waals surface area (Å²) in [4.78, 5) is 34.5. The monoisotopic (exact) mass is 370 g/mol. The molecule has 6 heteroatoms. The smallest absolute Gasteiger partial charge is 0.278 e. The van der Waals surface area contributed by atoms with Crippen molar-refractivity contribution in [2.75, 3.05) is 17.3 Å². The fourth-order valence-corrected chi connectivity index (χ4v) is 4.12. The van der Waals surface area contributed by atoms with E-state index in [0.29, 0.717) is 11.3 Å². The van der Waals surface area contributed by atoms with E-state index in [-0.39, 0.29) is 18.4 Å². The number of aromatic nitrogens is 1. The summed E-state index contributed by atoms with van der Waals surface area (Å²) >= 11 is 0. The number of rotatable bonds is 2. The van der Waals surface area contributed by atoms with Crippen molar-refractivity contribution in [3.63, 3.8) is 0 Å². The number of pyridine rings is 1. The van der Waals surface area contributed by atoms with Crippen LogP contribution >= 0.6 is 0 Å². The summed E-state index contributed by atoms with van der Waals surface area (Å²) < 4.78 is 0. The van der Waals surface area contributed by atoms with Gasteiger partial charge in [-0.2, -0.15) is 0 Å². The van der Waals surface area contributed by atoms with Crippen LogP contribution in [0.5, 0.6) is 0 Å². The van der Waals surface area contributed by atoms with Gasteiger partial charge in [-0.25, -0.2) is 0 Å². The Morgan fingerprint density at radius 2 is 1.79 bits per heavy atom. The highest BCUT2D eigenvalue weighted by atomic mass is 16.2. The molecule has 5 rings (SSSR count). The van der Waals surface area contributed by atoms with Gasteiger partial charge in [0.2, 0.25) is 5.66 Å². The van der Waals surface area contributed by atoms with Crippen molar-refractivity contribution in [3.05, 3.63) is 89.7 Å². The minimum atomic E-state index is -1.29. The van der Waals surface area contributed by atoms with Gasteiger partial charge in [-0.05, 0) is 29.8 Å². The van der Waals surface area contributed by atoms with E-state index in [9.17, 15) is 9.59 Å². The predicted molar refractivity (Wildman–Crippen MR) is 106 cm³/mol. The van der Waals surface area contributed by atoms with Crippen LogP contribution < -0.4 is 10.2 Å².